The van der Waals surface area contributed by atoms with Crippen LogP contribution in [0, 0.1) is 0 Å². The Hall–Kier alpha value is -1.33. The molecule has 0 aromatic carbocycles. The van der Waals surface area contributed by atoms with Crippen LogP contribution in [0.15, 0.2) is 4.99 Å². The van der Waals surface area contributed by atoms with Gasteiger partial charge in [-0.3, -0.25) is 9.59 Å². The Morgan fingerprint density at radius 3 is 2.75 bits per heavy atom. The highest BCUT2D eigenvalue weighted by molar-refractivity contribution is 6.57. The molecule has 6 heteroatoms. The highest BCUT2D eigenvalue weighted by Gasteiger charge is 2.37. The number of hydrogen-bond acceptors (Lipinski definition) is 4. The summed E-state index contributed by atoms with van der Waals surface area (Å²) in [5.41, 5.74) is -0.899. The van der Waals surface area contributed by atoms with Crippen molar-refractivity contribution in [2.45, 2.75) is 32.2 Å². The maximum atomic E-state index is 12.1. The molecule has 1 heterocycles. The van der Waals surface area contributed by atoms with E-state index in [9.17, 15) is 9.59 Å². The molecule has 0 aromatic heterocycles. The Morgan fingerprint density at radius 2 is 2.31 bits per heavy atom. The fourth-order valence-electron chi connectivity index (χ4n) is 1.83. The summed E-state index contributed by atoms with van der Waals surface area (Å²) in [6.45, 7) is 4.64. The largest absolute Gasteiger partial charge is 0.473 e. The highest BCUT2D eigenvalue weighted by atomic mass is 16.5. The van der Waals surface area contributed by atoms with Crippen LogP contribution < -0.4 is 5.32 Å². The van der Waals surface area contributed by atoms with E-state index in [1.54, 1.807) is 6.92 Å². The zero-order valence-corrected chi connectivity index (χ0v) is 10.0. The minimum Gasteiger partial charge on any atom is -0.473 e. The first-order chi connectivity index (χ1) is 7.49. The second-order valence-corrected chi connectivity index (χ2v) is 4.13. The van der Waals surface area contributed by atoms with Gasteiger partial charge in [-0.1, -0.05) is 13.3 Å². The van der Waals surface area contributed by atoms with Crippen molar-refractivity contribution in [3.05, 3.63) is 0 Å². The van der Waals surface area contributed by atoms with Crippen molar-refractivity contribution in [1.29, 1.82) is 0 Å². The number of carbonyl (C=O) groups is 2. The van der Waals surface area contributed by atoms with Gasteiger partial charge in [0.15, 0.2) is 5.81 Å². The molecule has 5 nitrogen and oxygen atoms in total. The van der Waals surface area contributed by atoms with E-state index in [4.69, 9.17) is 4.74 Å². The van der Waals surface area contributed by atoms with Crippen LogP contribution in [0.25, 0.3) is 0 Å². The number of ether oxygens (including phenoxy) is 1. The summed E-state index contributed by atoms with van der Waals surface area (Å²) in [6.07, 6.45) is 1.38. The summed E-state index contributed by atoms with van der Waals surface area (Å²) in [5, 5.41) is 2.68. The molecule has 0 bridgehead atoms. The quantitative estimate of drug-likeness (QED) is 0.662. The molecule has 0 saturated carbocycles. The fourth-order valence-corrected chi connectivity index (χ4v) is 1.83. The molecular formula is C10H17BN2O3. The summed E-state index contributed by atoms with van der Waals surface area (Å²) in [5.74, 6) is -0.311. The van der Waals surface area contributed by atoms with Crippen molar-refractivity contribution in [3.8, 4) is 0 Å². The Balaban J connectivity index is 2.82. The third-order valence-corrected chi connectivity index (χ3v) is 2.48. The van der Waals surface area contributed by atoms with Crippen molar-refractivity contribution in [2.24, 2.45) is 4.99 Å². The van der Waals surface area contributed by atoms with E-state index in [0.717, 1.165) is 6.42 Å². The average Bonchev–Trinajstić information content (AvgIpc) is 2.68. The Kier molecular flexibility index (Phi) is 4.09. The van der Waals surface area contributed by atoms with Gasteiger partial charge < -0.3 is 10.1 Å². The maximum absolute atomic E-state index is 12.1. The van der Waals surface area contributed by atoms with Crippen LogP contribution in [0.3, 0.4) is 0 Å². The fraction of sp³-hybridized carbons (Fsp3) is 0.700. The molecular weight excluding hydrogens is 207 g/mol. The van der Waals surface area contributed by atoms with Crippen molar-refractivity contribution in [3.63, 3.8) is 0 Å². The smallest absolute Gasteiger partial charge is 0.256 e. The van der Waals surface area contributed by atoms with Crippen LogP contribution in [0.2, 0.25) is 0 Å². The van der Waals surface area contributed by atoms with E-state index >= 15 is 0 Å². The van der Waals surface area contributed by atoms with Crippen LogP contribution in [-0.4, -0.2) is 44.0 Å². The van der Waals surface area contributed by atoms with Gasteiger partial charge >= 0.3 is 0 Å². The van der Waals surface area contributed by atoms with Crippen molar-refractivity contribution < 1.29 is 14.3 Å². The lowest BCUT2D eigenvalue weighted by Crippen LogP contribution is -2.54. The summed E-state index contributed by atoms with van der Waals surface area (Å²) in [4.78, 5) is 27.2. The van der Waals surface area contributed by atoms with Crippen molar-refractivity contribution >= 4 is 25.3 Å². The predicted octanol–water partition coefficient (Wildman–Crippen LogP) is -0.114. The first-order valence-electron chi connectivity index (χ1n) is 5.50. The number of Topliss-reactive ketones (excluding diaryl/α,β-unsaturated/α-hetero) is 1. The molecule has 1 aliphatic heterocycles. The topological polar surface area (TPSA) is 67.8 Å². The zero-order valence-electron chi connectivity index (χ0n) is 10.0. The highest BCUT2D eigenvalue weighted by Crippen LogP contribution is 2.16. The number of aliphatic imine (C=N–C) groups is 1. The predicted molar refractivity (Wildman–Crippen MR) is 63.6 cm³/mol. The van der Waals surface area contributed by atoms with Gasteiger partial charge in [0.2, 0.25) is 13.6 Å². The summed E-state index contributed by atoms with van der Waals surface area (Å²) in [6, 6.07) is 0. The average molecular weight is 224 g/mol. The van der Waals surface area contributed by atoms with Crippen LogP contribution in [0.4, 0.5) is 4.79 Å². The van der Waals surface area contributed by atoms with E-state index in [1.807, 2.05) is 6.92 Å². The summed E-state index contributed by atoms with van der Waals surface area (Å²) in [7, 11) is 1.40. The van der Waals surface area contributed by atoms with Crippen LogP contribution >= 0.6 is 0 Å². The summed E-state index contributed by atoms with van der Waals surface area (Å²) >= 11 is 0. The van der Waals surface area contributed by atoms with E-state index in [2.05, 4.69) is 10.3 Å². The number of hydrogen-bond donors (Lipinski definition) is 1. The van der Waals surface area contributed by atoms with Gasteiger partial charge in [0.05, 0.1) is 6.54 Å². The Bertz CT molecular complexity index is 330. The first-order valence-corrected chi connectivity index (χ1v) is 5.50. The van der Waals surface area contributed by atoms with E-state index < -0.39 is 5.54 Å². The molecule has 1 atom stereocenters. The molecule has 1 rings (SSSR count). The normalized spacial score (nSPS) is 18.2. The van der Waals surface area contributed by atoms with Gasteiger partial charge in [-0.25, -0.2) is 4.99 Å². The van der Waals surface area contributed by atoms with Gasteiger partial charge in [0, 0.05) is 0 Å². The number of nitrogens with one attached hydrogen (secondary N) is 1. The molecule has 1 N–H and O–H groups in total. The van der Waals surface area contributed by atoms with E-state index in [1.165, 1.54) is 7.85 Å². The first kappa shape index (κ1) is 12.7. The summed E-state index contributed by atoms with van der Waals surface area (Å²) < 4.78 is 5.14. The maximum Gasteiger partial charge on any atom is 0.256 e. The lowest BCUT2D eigenvalue weighted by Gasteiger charge is -2.28. The Morgan fingerprint density at radius 1 is 1.62 bits per heavy atom. The van der Waals surface area contributed by atoms with Gasteiger partial charge in [-0.05, 0) is 13.3 Å². The number of ketones is 1. The standard InChI is InChI=1S/C10H17BN2O3/c1-3-4-10(2,13-9(11)15)7(14)8-12-5-6-16-8/h3-6,11H2,1-2H3,(H,13,15)/t10-/m0/s1. The molecule has 88 valence electrons. The molecule has 0 fully saturated rings. The minimum atomic E-state index is -0.899. The van der Waals surface area contributed by atoms with Gasteiger partial charge in [0.25, 0.3) is 5.90 Å². The minimum absolute atomic E-state index is 0.143. The van der Waals surface area contributed by atoms with Crippen LogP contribution in [-0.2, 0) is 9.53 Å². The van der Waals surface area contributed by atoms with Crippen LogP contribution in [0.5, 0.6) is 0 Å². The number of nitrogens with zero attached hydrogens (tertiary/aromatic N) is 1. The third-order valence-electron chi connectivity index (χ3n) is 2.48. The molecule has 1 aliphatic rings. The number of carbonyl (C=O) groups excluding carboxylic acids is 2. The van der Waals surface area contributed by atoms with Crippen LogP contribution in [0.1, 0.15) is 26.7 Å². The lowest BCUT2D eigenvalue weighted by atomic mass is 9.89. The molecule has 0 aromatic rings. The molecule has 0 aliphatic carbocycles. The molecule has 0 radical (unpaired) electrons. The van der Waals surface area contributed by atoms with Crippen molar-refractivity contribution in [2.75, 3.05) is 13.2 Å². The zero-order chi connectivity index (χ0) is 12.2. The van der Waals surface area contributed by atoms with Gasteiger partial charge in [0.1, 0.15) is 12.1 Å². The number of rotatable bonds is 5. The van der Waals surface area contributed by atoms with Crippen molar-refractivity contribution in [1.82, 2.24) is 5.32 Å². The molecule has 0 saturated heterocycles. The monoisotopic (exact) mass is 224 g/mol. The van der Waals surface area contributed by atoms with E-state index in [-0.39, 0.29) is 17.5 Å². The third kappa shape index (κ3) is 2.84. The molecule has 1 amide bonds. The van der Waals surface area contributed by atoms with E-state index in [0.29, 0.717) is 19.6 Å². The van der Waals surface area contributed by atoms with Gasteiger partial charge in [-0.2, -0.15) is 0 Å². The molecule has 0 unspecified atom stereocenters. The lowest BCUT2D eigenvalue weighted by molar-refractivity contribution is -0.119. The second-order valence-electron chi connectivity index (χ2n) is 4.13. The second kappa shape index (κ2) is 5.14. The Labute approximate surface area is 96.1 Å². The van der Waals surface area contributed by atoms with Gasteiger partial charge in [-0.15, -0.1) is 0 Å². The number of amides is 1. The SMILES string of the molecule is BC(=O)N[C@@](C)(CCC)C(=O)C1=NCCO1. The molecule has 16 heavy (non-hydrogen) atoms. The molecule has 0 spiro atoms.